The third-order valence-corrected chi connectivity index (χ3v) is 2.74. The zero-order chi connectivity index (χ0) is 13.1. The predicted molar refractivity (Wildman–Crippen MR) is 67.2 cm³/mol. The van der Waals surface area contributed by atoms with Crippen molar-refractivity contribution >= 4 is 27.7 Å². The smallest absolute Gasteiger partial charge is 0.339 e. The lowest BCUT2D eigenvalue weighted by atomic mass is 10.2. The van der Waals surface area contributed by atoms with Gasteiger partial charge in [-0.1, -0.05) is 0 Å². The molecule has 0 saturated heterocycles. The SMILES string of the molecule is Cn1cnnc1CNc1ncc(Br)cc1C(=O)O. The van der Waals surface area contributed by atoms with E-state index in [0.29, 0.717) is 22.7 Å². The minimum Gasteiger partial charge on any atom is -0.478 e. The van der Waals surface area contributed by atoms with E-state index in [1.807, 2.05) is 7.05 Å². The van der Waals surface area contributed by atoms with Gasteiger partial charge in [0.25, 0.3) is 0 Å². The van der Waals surface area contributed by atoms with Gasteiger partial charge >= 0.3 is 5.97 Å². The van der Waals surface area contributed by atoms with E-state index in [2.05, 4.69) is 36.4 Å². The molecule has 2 heterocycles. The number of carboxylic acids is 1. The highest BCUT2D eigenvalue weighted by molar-refractivity contribution is 9.10. The van der Waals surface area contributed by atoms with Gasteiger partial charge in [0.05, 0.1) is 6.54 Å². The number of nitrogens with one attached hydrogen (secondary N) is 1. The molecule has 7 nitrogen and oxygen atoms in total. The van der Waals surface area contributed by atoms with Gasteiger partial charge in [-0.15, -0.1) is 10.2 Å². The molecule has 0 atom stereocenters. The van der Waals surface area contributed by atoms with E-state index in [-0.39, 0.29) is 5.56 Å². The largest absolute Gasteiger partial charge is 0.478 e. The molecule has 0 spiro atoms. The van der Waals surface area contributed by atoms with Gasteiger partial charge in [-0.05, 0) is 22.0 Å². The van der Waals surface area contributed by atoms with Gasteiger partial charge < -0.3 is 15.0 Å². The number of aromatic carboxylic acids is 1. The third-order valence-electron chi connectivity index (χ3n) is 2.30. The Morgan fingerprint density at radius 3 is 3.00 bits per heavy atom. The van der Waals surface area contributed by atoms with Gasteiger partial charge in [0.1, 0.15) is 17.7 Å². The van der Waals surface area contributed by atoms with Crippen LogP contribution in [0.15, 0.2) is 23.1 Å². The second-order valence-corrected chi connectivity index (χ2v) is 4.48. The van der Waals surface area contributed by atoms with Gasteiger partial charge in [0.2, 0.25) is 0 Å². The Balaban J connectivity index is 2.19. The number of hydrogen-bond donors (Lipinski definition) is 2. The third kappa shape index (κ3) is 2.65. The number of aryl methyl sites for hydroxylation is 1. The summed E-state index contributed by atoms with van der Waals surface area (Å²) in [6, 6.07) is 1.49. The number of carboxylic acid groups (broad SMARTS) is 1. The summed E-state index contributed by atoms with van der Waals surface area (Å²) in [6.07, 6.45) is 3.11. The van der Waals surface area contributed by atoms with Crippen LogP contribution in [-0.4, -0.2) is 30.8 Å². The highest BCUT2D eigenvalue weighted by atomic mass is 79.9. The second kappa shape index (κ2) is 5.13. The van der Waals surface area contributed by atoms with Crippen LogP contribution in [0.2, 0.25) is 0 Å². The van der Waals surface area contributed by atoms with Crippen LogP contribution in [0.25, 0.3) is 0 Å². The molecule has 2 rings (SSSR count). The number of halogens is 1. The highest BCUT2D eigenvalue weighted by Crippen LogP contribution is 2.18. The van der Waals surface area contributed by atoms with Gasteiger partial charge in [-0.3, -0.25) is 0 Å². The maximum absolute atomic E-state index is 11.1. The first-order valence-electron chi connectivity index (χ1n) is 5.03. The number of carbonyl (C=O) groups is 1. The average Bonchev–Trinajstić information content (AvgIpc) is 2.73. The van der Waals surface area contributed by atoms with Crippen molar-refractivity contribution in [1.82, 2.24) is 19.7 Å². The van der Waals surface area contributed by atoms with E-state index < -0.39 is 5.97 Å². The topological polar surface area (TPSA) is 92.9 Å². The van der Waals surface area contributed by atoms with Crippen molar-refractivity contribution in [2.24, 2.45) is 7.05 Å². The number of nitrogens with zero attached hydrogens (tertiary/aromatic N) is 4. The lowest BCUT2D eigenvalue weighted by Gasteiger charge is -2.08. The van der Waals surface area contributed by atoms with Crippen LogP contribution in [0.3, 0.4) is 0 Å². The first-order valence-corrected chi connectivity index (χ1v) is 5.83. The minimum atomic E-state index is -1.04. The zero-order valence-corrected chi connectivity index (χ0v) is 11.0. The Hall–Kier alpha value is -1.96. The molecule has 2 aromatic heterocycles. The van der Waals surface area contributed by atoms with Crippen molar-refractivity contribution in [1.29, 1.82) is 0 Å². The van der Waals surface area contributed by atoms with E-state index in [9.17, 15) is 4.79 Å². The highest BCUT2D eigenvalue weighted by Gasteiger charge is 2.12. The van der Waals surface area contributed by atoms with Crippen LogP contribution in [0.4, 0.5) is 5.82 Å². The summed E-state index contributed by atoms with van der Waals surface area (Å²) in [6.45, 7) is 0.353. The molecule has 0 unspecified atom stereocenters. The first kappa shape index (κ1) is 12.5. The van der Waals surface area contributed by atoms with Crippen LogP contribution in [0.1, 0.15) is 16.2 Å². The zero-order valence-electron chi connectivity index (χ0n) is 9.46. The normalized spacial score (nSPS) is 10.3. The Kier molecular flexibility index (Phi) is 3.56. The summed E-state index contributed by atoms with van der Waals surface area (Å²) in [7, 11) is 1.81. The standard InChI is InChI=1S/C10H10BrN5O2/c1-16-5-14-15-8(16)4-13-9-7(10(17)18)2-6(11)3-12-9/h2-3,5H,4H2,1H3,(H,12,13)(H,17,18). The molecule has 0 aliphatic heterocycles. The summed E-state index contributed by atoms with van der Waals surface area (Å²) < 4.78 is 2.36. The Morgan fingerprint density at radius 1 is 1.61 bits per heavy atom. The molecule has 0 aromatic carbocycles. The maximum atomic E-state index is 11.1. The summed E-state index contributed by atoms with van der Waals surface area (Å²) >= 11 is 3.19. The molecule has 0 radical (unpaired) electrons. The molecular weight excluding hydrogens is 302 g/mol. The van der Waals surface area contributed by atoms with Crippen molar-refractivity contribution in [3.63, 3.8) is 0 Å². The van der Waals surface area contributed by atoms with Gasteiger partial charge in [0, 0.05) is 17.7 Å². The molecule has 0 aliphatic rings. The van der Waals surface area contributed by atoms with Gasteiger partial charge in [-0.25, -0.2) is 9.78 Å². The van der Waals surface area contributed by atoms with Crippen LogP contribution in [0.5, 0.6) is 0 Å². The van der Waals surface area contributed by atoms with E-state index in [0.717, 1.165) is 0 Å². The summed E-state index contributed by atoms with van der Waals surface area (Å²) in [5.74, 6) is -0.0472. The molecule has 94 valence electrons. The van der Waals surface area contributed by atoms with Crippen molar-refractivity contribution in [2.75, 3.05) is 5.32 Å². The lowest BCUT2D eigenvalue weighted by Crippen LogP contribution is -2.11. The quantitative estimate of drug-likeness (QED) is 0.883. The molecule has 0 aliphatic carbocycles. The van der Waals surface area contributed by atoms with Crippen LogP contribution >= 0.6 is 15.9 Å². The monoisotopic (exact) mass is 311 g/mol. The molecule has 2 aromatic rings. The fourth-order valence-electron chi connectivity index (χ4n) is 1.37. The minimum absolute atomic E-state index is 0.103. The Bertz CT molecular complexity index is 583. The van der Waals surface area contributed by atoms with Crippen molar-refractivity contribution < 1.29 is 9.90 Å². The molecule has 0 saturated carbocycles. The van der Waals surface area contributed by atoms with Crippen LogP contribution in [0, 0.1) is 0 Å². The fourth-order valence-corrected chi connectivity index (χ4v) is 1.70. The maximum Gasteiger partial charge on any atom is 0.339 e. The fraction of sp³-hybridized carbons (Fsp3) is 0.200. The van der Waals surface area contributed by atoms with Crippen LogP contribution in [-0.2, 0) is 13.6 Å². The molecular formula is C10H10BrN5O2. The van der Waals surface area contributed by atoms with Crippen LogP contribution < -0.4 is 5.32 Å². The van der Waals surface area contributed by atoms with Crippen molar-refractivity contribution in [3.8, 4) is 0 Å². The molecule has 2 N–H and O–H groups in total. The molecule has 8 heteroatoms. The van der Waals surface area contributed by atoms with Gasteiger partial charge in [0.15, 0.2) is 5.82 Å². The Morgan fingerprint density at radius 2 is 2.39 bits per heavy atom. The lowest BCUT2D eigenvalue weighted by molar-refractivity contribution is 0.0697. The second-order valence-electron chi connectivity index (χ2n) is 3.57. The van der Waals surface area contributed by atoms with E-state index in [1.54, 1.807) is 10.9 Å². The summed E-state index contributed by atoms with van der Waals surface area (Å²) in [4.78, 5) is 15.1. The molecule has 0 fully saturated rings. The van der Waals surface area contributed by atoms with Crippen molar-refractivity contribution in [2.45, 2.75) is 6.54 Å². The summed E-state index contributed by atoms with van der Waals surface area (Å²) in [5.41, 5.74) is 0.103. The molecule has 0 amide bonds. The number of pyridine rings is 1. The van der Waals surface area contributed by atoms with Crippen molar-refractivity contribution in [3.05, 3.63) is 34.5 Å². The number of anilines is 1. The van der Waals surface area contributed by atoms with Gasteiger partial charge in [-0.2, -0.15) is 0 Å². The average molecular weight is 312 g/mol. The molecule has 0 bridgehead atoms. The van der Waals surface area contributed by atoms with E-state index >= 15 is 0 Å². The number of aromatic nitrogens is 4. The summed E-state index contributed by atoms with van der Waals surface area (Å²) in [5, 5.41) is 19.6. The first-order chi connectivity index (χ1) is 8.58. The number of rotatable bonds is 4. The predicted octanol–water partition coefficient (Wildman–Crippen LogP) is 1.28. The molecule has 18 heavy (non-hydrogen) atoms. The van der Waals surface area contributed by atoms with E-state index in [1.165, 1.54) is 12.3 Å². The van der Waals surface area contributed by atoms with E-state index in [4.69, 9.17) is 5.11 Å². The number of hydrogen-bond acceptors (Lipinski definition) is 5. The Labute approximate surface area is 111 Å².